The van der Waals surface area contributed by atoms with Gasteiger partial charge in [0.15, 0.2) is 0 Å². The van der Waals surface area contributed by atoms with Crippen LogP contribution < -0.4 is 0 Å². The van der Waals surface area contributed by atoms with E-state index in [0.717, 1.165) is 30.5 Å². The quantitative estimate of drug-likeness (QED) is 0.797. The third kappa shape index (κ3) is 3.03. The Bertz CT molecular complexity index is 707. The Balaban J connectivity index is 2.09. The SMILES string of the molecule is CCCOC(=O)C1=C(C)N=C2CCCC(=O)C2C1c1ccncc1. The van der Waals surface area contributed by atoms with Gasteiger partial charge in [-0.05, 0) is 43.9 Å². The highest BCUT2D eigenvalue weighted by Gasteiger charge is 2.43. The Hall–Kier alpha value is -2.30. The van der Waals surface area contributed by atoms with Gasteiger partial charge in [-0.25, -0.2) is 4.79 Å². The highest BCUT2D eigenvalue weighted by atomic mass is 16.5. The second-order valence-corrected chi connectivity index (χ2v) is 6.29. The van der Waals surface area contributed by atoms with Gasteiger partial charge in [-0.2, -0.15) is 0 Å². The highest BCUT2D eigenvalue weighted by Crippen LogP contribution is 2.42. The van der Waals surface area contributed by atoms with Gasteiger partial charge in [0.25, 0.3) is 0 Å². The number of Topliss-reactive ketones (excluding diaryl/α,β-unsaturated/α-hetero) is 1. The molecule has 3 rings (SSSR count). The van der Waals surface area contributed by atoms with Crippen molar-refractivity contribution in [2.75, 3.05) is 6.61 Å². The van der Waals surface area contributed by atoms with Gasteiger partial charge >= 0.3 is 5.97 Å². The van der Waals surface area contributed by atoms with Gasteiger partial charge in [0.2, 0.25) is 0 Å². The monoisotopic (exact) mass is 326 g/mol. The number of rotatable bonds is 4. The fourth-order valence-electron chi connectivity index (χ4n) is 3.59. The van der Waals surface area contributed by atoms with E-state index in [1.54, 1.807) is 12.4 Å². The number of carbonyl (C=O) groups is 2. The molecule has 0 amide bonds. The number of allylic oxidation sites excluding steroid dienone is 1. The van der Waals surface area contributed by atoms with Crippen LogP contribution in [0.1, 0.15) is 51.0 Å². The van der Waals surface area contributed by atoms with Crippen molar-refractivity contribution in [3.05, 3.63) is 41.4 Å². The van der Waals surface area contributed by atoms with Crippen LogP contribution in [-0.4, -0.2) is 29.1 Å². The molecule has 0 aromatic carbocycles. The van der Waals surface area contributed by atoms with E-state index in [1.807, 2.05) is 26.0 Å². The lowest BCUT2D eigenvalue weighted by Gasteiger charge is -2.35. The lowest BCUT2D eigenvalue weighted by molar-refractivity contribution is -0.139. The molecule has 1 aliphatic heterocycles. The normalized spacial score (nSPS) is 23.6. The predicted octanol–water partition coefficient (Wildman–Crippen LogP) is 3.22. The largest absolute Gasteiger partial charge is 0.462 e. The summed E-state index contributed by atoms with van der Waals surface area (Å²) in [5.74, 6) is -0.876. The zero-order valence-electron chi connectivity index (χ0n) is 14.1. The van der Waals surface area contributed by atoms with E-state index < -0.39 is 0 Å². The zero-order valence-corrected chi connectivity index (χ0v) is 14.1. The summed E-state index contributed by atoms with van der Waals surface area (Å²) >= 11 is 0. The van der Waals surface area contributed by atoms with Crippen LogP contribution in [0.2, 0.25) is 0 Å². The number of carbonyl (C=O) groups excluding carboxylic acids is 2. The number of esters is 1. The molecule has 1 fully saturated rings. The molecule has 0 bridgehead atoms. The van der Waals surface area contributed by atoms with Crippen molar-refractivity contribution >= 4 is 17.5 Å². The van der Waals surface area contributed by atoms with Crippen molar-refractivity contribution in [3.63, 3.8) is 0 Å². The number of hydrogen-bond acceptors (Lipinski definition) is 5. The molecular weight excluding hydrogens is 304 g/mol. The smallest absolute Gasteiger partial charge is 0.336 e. The lowest BCUT2D eigenvalue weighted by atomic mass is 9.69. The van der Waals surface area contributed by atoms with E-state index in [0.29, 0.717) is 24.3 Å². The van der Waals surface area contributed by atoms with Crippen LogP contribution in [0.25, 0.3) is 0 Å². The standard InChI is InChI=1S/C19H22N2O3/c1-3-11-24-19(23)16-12(2)21-14-5-4-6-15(22)18(14)17(16)13-7-9-20-10-8-13/h7-10,17-18H,3-6,11H2,1-2H3. The molecule has 2 aliphatic rings. The van der Waals surface area contributed by atoms with E-state index in [2.05, 4.69) is 9.98 Å². The number of aromatic nitrogens is 1. The molecule has 5 nitrogen and oxygen atoms in total. The zero-order chi connectivity index (χ0) is 17.1. The molecule has 0 N–H and O–H groups in total. The number of nitrogens with zero attached hydrogens (tertiary/aromatic N) is 2. The van der Waals surface area contributed by atoms with Crippen molar-refractivity contribution in [1.82, 2.24) is 4.98 Å². The molecule has 1 aliphatic carbocycles. The summed E-state index contributed by atoms with van der Waals surface area (Å²) in [5.41, 5.74) is 3.00. The van der Waals surface area contributed by atoms with Gasteiger partial charge in [0.1, 0.15) is 5.78 Å². The van der Waals surface area contributed by atoms with E-state index in [4.69, 9.17) is 4.74 Å². The van der Waals surface area contributed by atoms with Crippen molar-refractivity contribution in [1.29, 1.82) is 0 Å². The van der Waals surface area contributed by atoms with Crippen molar-refractivity contribution < 1.29 is 14.3 Å². The van der Waals surface area contributed by atoms with Crippen LogP contribution in [0.4, 0.5) is 0 Å². The summed E-state index contributed by atoms with van der Waals surface area (Å²) in [4.78, 5) is 33.9. The fourth-order valence-corrected chi connectivity index (χ4v) is 3.59. The molecule has 5 heteroatoms. The van der Waals surface area contributed by atoms with Gasteiger partial charge in [0, 0.05) is 36.1 Å². The molecule has 2 unspecified atom stereocenters. The first-order valence-electron chi connectivity index (χ1n) is 8.51. The molecule has 0 radical (unpaired) electrons. The van der Waals surface area contributed by atoms with Crippen molar-refractivity contribution in [3.8, 4) is 0 Å². The first kappa shape index (κ1) is 16.6. The molecule has 0 spiro atoms. The van der Waals surface area contributed by atoms with E-state index >= 15 is 0 Å². The summed E-state index contributed by atoms with van der Waals surface area (Å²) in [6, 6.07) is 3.74. The molecular formula is C19H22N2O3. The second kappa shape index (κ2) is 7.07. The lowest BCUT2D eigenvalue weighted by Crippen LogP contribution is -2.39. The average molecular weight is 326 g/mol. The third-order valence-electron chi connectivity index (χ3n) is 4.63. The maximum atomic E-state index is 12.7. The van der Waals surface area contributed by atoms with E-state index in [1.165, 1.54) is 0 Å². The number of ketones is 1. The molecule has 2 atom stereocenters. The van der Waals surface area contributed by atoms with Crippen LogP contribution in [0, 0.1) is 5.92 Å². The summed E-state index contributed by atoms with van der Waals surface area (Å²) in [6.07, 6.45) is 6.33. The molecule has 0 saturated heterocycles. The van der Waals surface area contributed by atoms with Crippen molar-refractivity contribution in [2.45, 2.75) is 45.4 Å². The maximum absolute atomic E-state index is 12.7. The molecule has 24 heavy (non-hydrogen) atoms. The Morgan fingerprint density at radius 2 is 2.00 bits per heavy atom. The van der Waals surface area contributed by atoms with Crippen LogP contribution in [-0.2, 0) is 14.3 Å². The van der Waals surface area contributed by atoms with E-state index in [9.17, 15) is 9.59 Å². The third-order valence-corrected chi connectivity index (χ3v) is 4.63. The number of hydrogen-bond donors (Lipinski definition) is 0. The van der Waals surface area contributed by atoms with Crippen LogP contribution >= 0.6 is 0 Å². The first-order chi connectivity index (χ1) is 11.6. The van der Waals surface area contributed by atoms with Gasteiger partial charge in [0.05, 0.1) is 18.1 Å². The number of pyridine rings is 1. The van der Waals surface area contributed by atoms with Gasteiger partial charge in [-0.15, -0.1) is 0 Å². The van der Waals surface area contributed by atoms with Crippen molar-refractivity contribution in [2.24, 2.45) is 10.9 Å². The van der Waals surface area contributed by atoms with Crippen LogP contribution in [0.5, 0.6) is 0 Å². The summed E-state index contributed by atoms with van der Waals surface area (Å²) < 4.78 is 5.37. The Labute approximate surface area is 141 Å². The minimum Gasteiger partial charge on any atom is -0.462 e. The molecule has 126 valence electrons. The van der Waals surface area contributed by atoms with Gasteiger partial charge in [-0.3, -0.25) is 14.8 Å². The average Bonchev–Trinajstić information content (AvgIpc) is 2.59. The molecule has 2 heterocycles. The summed E-state index contributed by atoms with van der Waals surface area (Å²) in [6.45, 7) is 4.16. The highest BCUT2D eigenvalue weighted by molar-refractivity contribution is 6.11. The maximum Gasteiger partial charge on any atom is 0.336 e. The number of ether oxygens (including phenoxy) is 1. The Morgan fingerprint density at radius 3 is 2.71 bits per heavy atom. The van der Waals surface area contributed by atoms with Gasteiger partial charge in [-0.1, -0.05) is 6.92 Å². The molecule has 1 saturated carbocycles. The Kier molecular flexibility index (Phi) is 4.88. The fraction of sp³-hybridized carbons (Fsp3) is 0.474. The first-order valence-corrected chi connectivity index (χ1v) is 8.51. The molecule has 1 aromatic heterocycles. The van der Waals surface area contributed by atoms with Crippen LogP contribution in [0.3, 0.4) is 0 Å². The van der Waals surface area contributed by atoms with E-state index in [-0.39, 0.29) is 23.6 Å². The number of fused-ring (bicyclic) bond motifs is 1. The van der Waals surface area contributed by atoms with Crippen LogP contribution in [0.15, 0.2) is 40.8 Å². The minimum absolute atomic E-state index is 0.162. The minimum atomic E-state index is -0.364. The molecule has 1 aromatic rings. The second-order valence-electron chi connectivity index (χ2n) is 6.29. The predicted molar refractivity (Wildman–Crippen MR) is 90.7 cm³/mol. The summed E-state index contributed by atoms with van der Waals surface area (Å²) in [5, 5.41) is 0. The topological polar surface area (TPSA) is 68.6 Å². The number of aliphatic imine (C=N–C) groups is 1. The Morgan fingerprint density at radius 1 is 1.25 bits per heavy atom. The van der Waals surface area contributed by atoms with Gasteiger partial charge < -0.3 is 4.74 Å². The summed E-state index contributed by atoms with van der Waals surface area (Å²) in [7, 11) is 0.